The van der Waals surface area contributed by atoms with Crippen molar-refractivity contribution in [2.24, 2.45) is 0 Å². The molecule has 0 N–H and O–H groups in total. The van der Waals surface area contributed by atoms with Gasteiger partial charge >= 0.3 is 0 Å². The van der Waals surface area contributed by atoms with Crippen molar-refractivity contribution < 1.29 is 9.16 Å². The van der Waals surface area contributed by atoms with E-state index in [1.54, 1.807) is 0 Å². The Hall–Kier alpha value is -0.693. The minimum Gasteiger partial charge on any atom is -0.416 e. The molecule has 0 spiro atoms. The van der Waals surface area contributed by atoms with Crippen molar-refractivity contribution in [2.45, 2.75) is 52.2 Å². The Balaban J connectivity index is 2.07. The molecule has 0 unspecified atom stereocenters. The molecule has 0 saturated carbocycles. The van der Waals surface area contributed by atoms with Crippen molar-refractivity contribution in [3.8, 4) is 0 Å². The number of hydrogen-bond donors (Lipinski definition) is 0. The molecule has 2 rings (SSSR count). The second-order valence-electron chi connectivity index (χ2n) is 7.84. The number of anilines is 1. The van der Waals surface area contributed by atoms with Crippen molar-refractivity contribution in [1.29, 1.82) is 0 Å². The largest absolute Gasteiger partial charge is 0.416 e. The van der Waals surface area contributed by atoms with Gasteiger partial charge in [0.1, 0.15) is 16.8 Å². The monoisotopic (exact) mass is 371 g/mol. The summed E-state index contributed by atoms with van der Waals surface area (Å²) in [7, 11) is -1.74. The lowest BCUT2D eigenvalue weighted by Gasteiger charge is -2.36. The summed E-state index contributed by atoms with van der Waals surface area (Å²) in [5.41, 5.74) is 0.938. The van der Waals surface area contributed by atoms with Crippen molar-refractivity contribution in [1.82, 2.24) is 9.97 Å². The maximum Gasteiger partial charge on any atom is 0.191 e. The van der Waals surface area contributed by atoms with Gasteiger partial charge in [-0.25, -0.2) is 9.97 Å². The maximum atomic E-state index is 6.34. The summed E-state index contributed by atoms with van der Waals surface area (Å²) in [5, 5.41) is 0.742. The van der Waals surface area contributed by atoms with Gasteiger partial charge in [0.2, 0.25) is 0 Å². The van der Waals surface area contributed by atoms with Gasteiger partial charge in [0.15, 0.2) is 8.32 Å². The van der Waals surface area contributed by atoms with E-state index >= 15 is 0 Å². The Kier molecular flexibility index (Phi) is 6.28. The third kappa shape index (κ3) is 4.68. The molecule has 0 amide bonds. The fraction of sp³-hybridized carbons (Fsp3) is 0.765. The second kappa shape index (κ2) is 7.68. The number of halogens is 1. The molecule has 2 heterocycles. The number of nitrogens with zero attached hydrogens (tertiary/aromatic N) is 3. The van der Waals surface area contributed by atoms with Gasteiger partial charge in [0, 0.05) is 31.7 Å². The molecule has 136 valence electrons. The van der Waals surface area contributed by atoms with Crippen LogP contribution >= 0.6 is 11.6 Å². The fourth-order valence-electron chi connectivity index (χ4n) is 2.33. The average molecular weight is 372 g/mol. The van der Waals surface area contributed by atoms with Gasteiger partial charge in [-0.2, -0.15) is 0 Å². The zero-order valence-electron chi connectivity index (χ0n) is 15.8. The van der Waals surface area contributed by atoms with E-state index in [9.17, 15) is 0 Å². The van der Waals surface area contributed by atoms with Gasteiger partial charge in [0.25, 0.3) is 0 Å². The van der Waals surface area contributed by atoms with Crippen molar-refractivity contribution in [3.05, 3.63) is 16.5 Å². The van der Waals surface area contributed by atoms with E-state index in [0.717, 1.165) is 43.5 Å². The van der Waals surface area contributed by atoms with E-state index in [-0.39, 0.29) is 5.04 Å². The van der Waals surface area contributed by atoms with Crippen LogP contribution in [-0.4, -0.2) is 51.2 Å². The summed E-state index contributed by atoms with van der Waals surface area (Å²) in [5.74, 6) is 1.69. The van der Waals surface area contributed by atoms with Crippen LogP contribution in [0.2, 0.25) is 23.3 Å². The summed E-state index contributed by atoms with van der Waals surface area (Å²) in [6.07, 6.45) is 0.684. The molecule has 0 aliphatic carbocycles. The number of ether oxygens (including phenoxy) is 1. The van der Waals surface area contributed by atoms with E-state index < -0.39 is 8.32 Å². The van der Waals surface area contributed by atoms with Gasteiger partial charge in [-0.3, -0.25) is 0 Å². The summed E-state index contributed by atoms with van der Waals surface area (Å²) in [4.78, 5) is 11.4. The van der Waals surface area contributed by atoms with Crippen LogP contribution in [0.5, 0.6) is 0 Å². The van der Waals surface area contributed by atoms with E-state index in [1.165, 1.54) is 0 Å². The Labute approximate surface area is 151 Å². The highest BCUT2D eigenvalue weighted by atomic mass is 35.5. The molecular formula is C17H30ClN3O2Si. The van der Waals surface area contributed by atoms with Crippen molar-refractivity contribution >= 4 is 25.7 Å². The number of morpholine rings is 1. The standard InChI is InChI=1S/C17H30ClN3O2Si/c1-13-15(18)19-14(7-10-23-24(5,6)17(2,3)4)20-16(13)21-8-11-22-12-9-21/h7-12H2,1-6H3. The highest BCUT2D eigenvalue weighted by Gasteiger charge is 2.36. The molecule has 1 aromatic heterocycles. The Morgan fingerprint density at radius 3 is 2.42 bits per heavy atom. The fourth-order valence-corrected chi connectivity index (χ4v) is 3.56. The minimum atomic E-state index is -1.74. The van der Waals surface area contributed by atoms with Crippen LogP contribution in [0.1, 0.15) is 32.2 Å². The van der Waals surface area contributed by atoms with Crippen LogP contribution < -0.4 is 4.90 Å². The van der Waals surface area contributed by atoms with E-state index in [0.29, 0.717) is 18.2 Å². The summed E-state index contributed by atoms with van der Waals surface area (Å²) >= 11 is 6.34. The molecule has 0 bridgehead atoms. The van der Waals surface area contributed by atoms with Gasteiger partial charge in [0.05, 0.1) is 13.2 Å². The number of rotatable bonds is 5. The number of aromatic nitrogens is 2. The first-order valence-electron chi connectivity index (χ1n) is 8.61. The minimum absolute atomic E-state index is 0.206. The third-order valence-electron chi connectivity index (χ3n) is 5.01. The van der Waals surface area contributed by atoms with Crippen molar-refractivity contribution in [2.75, 3.05) is 37.8 Å². The van der Waals surface area contributed by atoms with Gasteiger partial charge in [-0.05, 0) is 25.1 Å². The smallest absolute Gasteiger partial charge is 0.191 e. The molecule has 1 saturated heterocycles. The summed E-state index contributed by atoms with van der Waals surface area (Å²) in [6.45, 7) is 17.0. The SMILES string of the molecule is Cc1c(Cl)nc(CCO[Si](C)(C)C(C)(C)C)nc1N1CCOCC1. The van der Waals surface area contributed by atoms with Crippen LogP contribution in [-0.2, 0) is 15.6 Å². The Morgan fingerprint density at radius 1 is 1.21 bits per heavy atom. The predicted octanol–water partition coefficient (Wildman–Crippen LogP) is 3.84. The molecule has 24 heavy (non-hydrogen) atoms. The van der Waals surface area contributed by atoms with Crippen LogP contribution in [0.3, 0.4) is 0 Å². The van der Waals surface area contributed by atoms with Crippen molar-refractivity contribution in [3.63, 3.8) is 0 Å². The molecule has 1 aromatic rings. The van der Waals surface area contributed by atoms with Crippen LogP contribution in [0.25, 0.3) is 0 Å². The summed E-state index contributed by atoms with van der Waals surface area (Å²) < 4.78 is 11.7. The highest BCUT2D eigenvalue weighted by Crippen LogP contribution is 2.36. The Morgan fingerprint density at radius 2 is 1.83 bits per heavy atom. The second-order valence-corrected chi connectivity index (χ2v) is 13.0. The zero-order valence-corrected chi connectivity index (χ0v) is 17.5. The molecule has 0 aromatic carbocycles. The normalized spacial score (nSPS) is 16.5. The lowest BCUT2D eigenvalue weighted by molar-refractivity contribution is 0.122. The van der Waals surface area contributed by atoms with Crippen LogP contribution in [0.15, 0.2) is 0 Å². The first kappa shape index (κ1) is 19.6. The van der Waals surface area contributed by atoms with E-state index in [2.05, 4.69) is 43.7 Å². The lowest BCUT2D eigenvalue weighted by Crippen LogP contribution is -2.41. The molecule has 1 fully saturated rings. The zero-order chi connectivity index (χ0) is 18.0. The van der Waals surface area contributed by atoms with Crippen LogP contribution in [0, 0.1) is 6.92 Å². The van der Waals surface area contributed by atoms with Gasteiger partial charge in [-0.15, -0.1) is 0 Å². The molecule has 1 aliphatic rings. The molecule has 0 radical (unpaired) electrons. The molecule has 7 heteroatoms. The maximum absolute atomic E-state index is 6.34. The van der Waals surface area contributed by atoms with E-state index in [4.69, 9.17) is 25.7 Å². The van der Waals surface area contributed by atoms with E-state index in [1.807, 2.05) is 6.92 Å². The average Bonchev–Trinajstić information content (AvgIpc) is 2.50. The topological polar surface area (TPSA) is 47.5 Å². The number of hydrogen-bond acceptors (Lipinski definition) is 5. The van der Waals surface area contributed by atoms with Crippen LogP contribution in [0.4, 0.5) is 5.82 Å². The van der Waals surface area contributed by atoms with Gasteiger partial charge in [-0.1, -0.05) is 32.4 Å². The lowest BCUT2D eigenvalue weighted by atomic mass is 10.2. The third-order valence-corrected chi connectivity index (χ3v) is 9.92. The first-order chi connectivity index (χ1) is 11.1. The molecule has 1 aliphatic heterocycles. The predicted molar refractivity (Wildman–Crippen MR) is 102 cm³/mol. The highest BCUT2D eigenvalue weighted by molar-refractivity contribution is 6.74. The van der Waals surface area contributed by atoms with Gasteiger partial charge < -0.3 is 14.1 Å². The Bertz CT molecular complexity index is 570. The molecule has 0 atom stereocenters. The summed E-state index contributed by atoms with van der Waals surface area (Å²) in [6, 6.07) is 0. The molecular weight excluding hydrogens is 342 g/mol. The first-order valence-corrected chi connectivity index (χ1v) is 11.9. The molecule has 5 nitrogen and oxygen atoms in total. The quantitative estimate of drug-likeness (QED) is 0.581.